The Labute approximate surface area is 161 Å². The summed E-state index contributed by atoms with van der Waals surface area (Å²) in [6.45, 7) is 11.0. The third kappa shape index (κ3) is 5.34. The lowest BCUT2D eigenvalue weighted by atomic mass is 9.99. The van der Waals surface area contributed by atoms with Crippen molar-refractivity contribution in [3.05, 3.63) is 24.0 Å². The van der Waals surface area contributed by atoms with E-state index in [0.717, 1.165) is 6.26 Å². The van der Waals surface area contributed by atoms with Gasteiger partial charge < -0.3 is 14.5 Å². The topological polar surface area (TPSA) is 66.9 Å². The van der Waals surface area contributed by atoms with Crippen LogP contribution >= 0.6 is 0 Å². The quantitative estimate of drug-likeness (QED) is 0.779. The van der Waals surface area contributed by atoms with Crippen LogP contribution in [0.4, 0.5) is 14.9 Å². The molecule has 0 spiro atoms. The van der Waals surface area contributed by atoms with Gasteiger partial charge in [-0.05, 0) is 44.9 Å². The number of halogens is 1. The van der Waals surface area contributed by atoms with E-state index >= 15 is 0 Å². The Morgan fingerprint density at radius 1 is 1.26 bits per heavy atom. The van der Waals surface area contributed by atoms with E-state index in [1.165, 1.54) is 12.1 Å². The molecule has 1 aliphatic heterocycles. The van der Waals surface area contributed by atoms with Crippen LogP contribution < -0.4 is 4.90 Å². The Morgan fingerprint density at radius 3 is 2.41 bits per heavy atom. The van der Waals surface area contributed by atoms with Gasteiger partial charge in [-0.25, -0.2) is 17.6 Å². The summed E-state index contributed by atoms with van der Waals surface area (Å²) in [4.78, 5) is 16.0. The van der Waals surface area contributed by atoms with Crippen LogP contribution in [-0.2, 0) is 14.6 Å². The molecular weight excluding hydrogens is 371 g/mol. The van der Waals surface area contributed by atoms with Gasteiger partial charge in [-0.1, -0.05) is 13.8 Å². The number of hydrogen-bond donors (Lipinski definition) is 0. The normalized spacial score (nSPS) is 18.7. The average molecular weight is 401 g/mol. The maximum Gasteiger partial charge on any atom is 0.410 e. The third-order valence-corrected chi connectivity index (χ3v) is 5.61. The summed E-state index contributed by atoms with van der Waals surface area (Å²) in [5, 5.41) is 0. The van der Waals surface area contributed by atoms with Crippen LogP contribution in [0.2, 0.25) is 0 Å². The van der Waals surface area contributed by atoms with Crippen molar-refractivity contribution < 1.29 is 22.3 Å². The molecule has 0 aromatic heterocycles. The largest absolute Gasteiger partial charge is 0.444 e. The average Bonchev–Trinajstić information content (AvgIpc) is 2.52. The number of piperazine rings is 1. The van der Waals surface area contributed by atoms with E-state index in [-0.39, 0.29) is 22.9 Å². The fourth-order valence-electron chi connectivity index (χ4n) is 3.14. The summed E-state index contributed by atoms with van der Waals surface area (Å²) in [5.74, 6) is -0.579. The van der Waals surface area contributed by atoms with Crippen LogP contribution in [0.3, 0.4) is 0 Å². The minimum absolute atomic E-state index is 0.0969. The Balaban J connectivity index is 2.26. The van der Waals surface area contributed by atoms with Crippen LogP contribution in [0.15, 0.2) is 23.1 Å². The Bertz CT molecular complexity index is 802. The van der Waals surface area contributed by atoms with E-state index in [1.54, 1.807) is 11.0 Å². The number of amides is 1. The highest BCUT2D eigenvalue weighted by Crippen LogP contribution is 2.27. The highest BCUT2D eigenvalue weighted by atomic mass is 32.2. The number of ether oxygens (including phenoxy) is 1. The summed E-state index contributed by atoms with van der Waals surface area (Å²) >= 11 is 0. The van der Waals surface area contributed by atoms with Gasteiger partial charge in [-0.2, -0.15) is 0 Å². The van der Waals surface area contributed by atoms with E-state index < -0.39 is 21.3 Å². The SMILES string of the molecule is CC(C)C1CN(c2ccc(F)c(S(C)(=O)=O)c2)CCN1C(=O)OC(C)(C)C. The molecule has 152 valence electrons. The first-order chi connectivity index (χ1) is 12.3. The molecule has 6 nitrogen and oxygen atoms in total. The predicted octanol–water partition coefficient (Wildman–Crippen LogP) is 3.31. The van der Waals surface area contributed by atoms with Crippen molar-refractivity contribution in [1.82, 2.24) is 4.90 Å². The molecule has 1 unspecified atom stereocenters. The molecule has 1 aromatic carbocycles. The number of sulfone groups is 1. The van der Waals surface area contributed by atoms with Gasteiger partial charge in [-0.15, -0.1) is 0 Å². The summed E-state index contributed by atoms with van der Waals surface area (Å²) in [5.41, 5.74) is 0.0585. The van der Waals surface area contributed by atoms with Crippen molar-refractivity contribution in [2.75, 3.05) is 30.8 Å². The molecule has 0 saturated carbocycles. The minimum atomic E-state index is -3.66. The number of anilines is 1. The molecule has 8 heteroatoms. The molecule has 0 bridgehead atoms. The van der Waals surface area contributed by atoms with Crippen molar-refractivity contribution >= 4 is 21.6 Å². The summed E-state index contributed by atoms with van der Waals surface area (Å²) in [6, 6.07) is 4.02. The van der Waals surface area contributed by atoms with Gasteiger partial charge in [0.15, 0.2) is 9.84 Å². The van der Waals surface area contributed by atoms with Gasteiger partial charge in [-0.3, -0.25) is 0 Å². The zero-order valence-corrected chi connectivity index (χ0v) is 17.6. The van der Waals surface area contributed by atoms with Crippen LogP contribution in [0.1, 0.15) is 34.6 Å². The van der Waals surface area contributed by atoms with Gasteiger partial charge in [0, 0.05) is 31.6 Å². The Hall–Kier alpha value is -1.83. The predicted molar refractivity (Wildman–Crippen MR) is 103 cm³/mol. The Kier molecular flexibility index (Phi) is 6.09. The third-order valence-electron chi connectivity index (χ3n) is 4.50. The number of rotatable bonds is 3. The van der Waals surface area contributed by atoms with Gasteiger partial charge in [0.05, 0.1) is 6.04 Å². The van der Waals surface area contributed by atoms with Crippen LogP contribution in [0.5, 0.6) is 0 Å². The van der Waals surface area contributed by atoms with Crippen LogP contribution in [0.25, 0.3) is 0 Å². The second-order valence-electron chi connectivity index (χ2n) is 8.32. The highest BCUT2D eigenvalue weighted by Gasteiger charge is 2.35. The Morgan fingerprint density at radius 2 is 1.89 bits per heavy atom. The molecule has 1 amide bonds. The molecule has 1 fully saturated rings. The van der Waals surface area contributed by atoms with Crippen molar-refractivity contribution in [2.24, 2.45) is 5.92 Å². The molecule has 0 radical (unpaired) electrons. The zero-order valence-electron chi connectivity index (χ0n) is 16.8. The number of nitrogens with zero attached hydrogens (tertiary/aromatic N) is 2. The summed E-state index contributed by atoms with van der Waals surface area (Å²) in [7, 11) is -3.66. The molecule has 1 heterocycles. The number of hydrogen-bond acceptors (Lipinski definition) is 5. The van der Waals surface area contributed by atoms with Crippen LogP contribution in [0, 0.1) is 11.7 Å². The lowest BCUT2D eigenvalue weighted by Crippen LogP contribution is -2.58. The van der Waals surface area contributed by atoms with Crippen molar-refractivity contribution in [2.45, 2.75) is 51.2 Å². The molecule has 2 rings (SSSR count). The van der Waals surface area contributed by atoms with E-state index in [9.17, 15) is 17.6 Å². The van der Waals surface area contributed by atoms with Crippen LogP contribution in [-0.4, -0.2) is 56.9 Å². The molecule has 0 aliphatic carbocycles. The molecule has 27 heavy (non-hydrogen) atoms. The first-order valence-electron chi connectivity index (χ1n) is 9.04. The fourth-order valence-corrected chi connectivity index (χ4v) is 3.89. The van der Waals surface area contributed by atoms with Crippen molar-refractivity contribution in [3.8, 4) is 0 Å². The van der Waals surface area contributed by atoms with E-state index in [4.69, 9.17) is 4.74 Å². The standard InChI is InChI=1S/C19H29FN2O4S/c1-13(2)16-12-21(9-10-22(16)18(23)26-19(3,4)5)14-7-8-15(20)17(11-14)27(6,24)25/h7-8,11,13,16H,9-10,12H2,1-6H3. The van der Waals surface area contributed by atoms with E-state index in [0.29, 0.717) is 25.3 Å². The second kappa shape index (κ2) is 7.66. The molecule has 1 aromatic rings. The summed E-state index contributed by atoms with van der Waals surface area (Å²) in [6.07, 6.45) is 0.642. The maximum absolute atomic E-state index is 13.9. The van der Waals surface area contributed by atoms with Gasteiger partial charge in [0.1, 0.15) is 16.3 Å². The second-order valence-corrected chi connectivity index (χ2v) is 10.3. The molecule has 1 atom stereocenters. The van der Waals surface area contributed by atoms with Gasteiger partial charge in [0.25, 0.3) is 0 Å². The molecular formula is C19H29FN2O4S. The fraction of sp³-hybridized carbons (Fsp3) is 0.632. The maximum atomic E-state index is 13.9. The monoisotopic (exact) mass is 400 g/mol. The first kappa shape index (κ1) is 21.5. The number of benzene rings is 1. The van der Waals surface area contributed by atoms with E-state index in [2.05, 4.69) is 0 Å². The first-order valence-corrected chi connectivity index (χ1v) is 10.9. The summed E-state index contributed by atoms with van der Waals surface area (Å²) < 4.78 is 43.0. The number of carbonyl (C=O) groups is 1. The molecule has 1 saturated heterocycles. The van der Waals surface area contributed by atoms with Crippen molar-refractivity contribution in [3.63, 3.8) is 0 Å². The lowest BCUT2D eigenvalue weighted by molar-refractivity contribution is 0.00883. The molecule has 1 aliphatic rings. The van der Waals surface area contributed by atoms with E-state index in [1.807, 2.05) is 39.5 Å². The minimum Gasteiger partial charge on any atom is -0.444 e. The van der Waals surface area contributed by atoms with Crippen molar-refractivity contribution in [1.29, 1.82) is 0 Å². The lowest BCUT2D eigenvalue weighted by Gasteiger charge is -2.44. The smallest absolute Gasteiger partial charge is 0.410 e. The molecule has 0 N–H and O–H groups in total. The van der Waals surface area contributed by atoms with Gasteiger partial charge in [0.2, 0.25) is 0 Å². The zero-order chi connectivity index (χ0) is 20.6. The number of carbonyl (C=O) groups excluding carboxylic acids is 1. The van der Waals surface area contributed by atoms with Gasteiger partial charge >= 0.3 is 6.09 Å². The highest BCUT2D eigenvalue weighted by molar-refractivity contribution is 7.90.